The third kappa shape index (κ3) is 5.06. The molecular weight excluding hydrogens is 278 g/mol. The Morgan fingerprint density at radius 2 is 1.73 bits per heavy atom. The Morgan fingerprint density at radius 1 is 0.909 bits per heavy atom. The molecule has 0 bridgehead atoms. The summed E-state index contributed by atoms with van der Waals surface area (Å²) in [5.41, 5.74) is 7.87. The molecule has 0 saturated carbocycles. The zero-order valence-corrected chi connectivity index (χ0v) is 13.0. The van der Waals surface area contributed by atoms with E-state index in [0.29, 0.717) is 26.4 Å². The lowest BCUT2D eigenvalue weighted by Gasteiger charge is -2.12. The van der Waals surface area contributed by atoms with Crippen molar-refractivity contribution in [2.45, 2.75) is 13.0 Å². The van der Waals surface area contributed by atoms with Crippen LogP contribution in [0.25, 0.3) is 0 Å². The Balaban J connectivity index is 1.76. The van der Waals surface area contributed by atoms with Crippen LogP contribution in [0.2, 0.25) is 0 Å². The minimum Gasteiger partial charge on any atom is -0.493 e. The Kier molecular flexibility index (Phi) is 6.74. The van der Waals surface area contributed by atoms with Crippen LogP contribution in [-0.4, -0.2) is 26.9 Å². The normalized spacial score (nSPS) is 10.5. The molecule has 0 aromatic heterocycles. The van der Waals surface area contributed by atoms with Gasteiger partial charge >= 0.3 is 0 Å². The fraction of sp³-hybridized carbons (Fsp3) is 0.333. The standard InChI is InChI=1S/C18H23NO3/c1-20-18-13-15(9-10-19)7-8-17(18)22-12-11-21-14-16-5-3-2-4-6-16/h2-8,13H,9-12,14,19H2,1H3. The monoisotopic (exact) mass is 301 g/mol. The second-order valence-electron chi connectivity index (χ2n) is 4.91. The average molecular weight is 301 g/mol. The molecule has 2 rings (SSSR count). The van der Waals surface area contributed by atoms with Crippen molar-refractivity contribution in [2.24, 2.45) is 5.73 Å². The second-order valence-corrected chi connectivity index (χ2v) is 4.91. The molecule has 2 aromatic carbocycles. The van der Waals surface area contributed by atoms with E-state index in [1.54, 1.807) is 7.11 Å². The first kappa shape index (κ1) is 16.3. The Bertz CT molecular complexity index is 558. The number of rotatable bonds is 9. The number of ether oxygens (including phenoxy) is 3. The van der Waals surface area contributed by atoms with E-state index in [2.05, 4.69) is 0 Å². The molecular formula is C18H23NO3. The van der Waals surface area contributed by atoms with Crippen molar-refractivity contribution < 1.29 is 14.2 Å². The first-order valence-corrected chi connectivity index (χ1v) is 7.45. The molecule has 0 aliphatic carbocycles. The van der Waals surface area contributed by atoms with E-state index >= 15 is 0 Å². The van der Waals surface area contributed by atoms with Crippen LogP contribution in [-0.2, 0) is 17.8 Å². The molecule has 0 unspecified atom stereocenters. The maximum absolute atomic E-state index is 5.72. The first-order chi connectivity index (χ1) is 10.8. The maximum atomic E-state index is 5.72. The highest BCUT2D eigenvalue weighted by atomic mass is 16.5. The molecule has 0 aliphatic heterocycles. The summed E-state index contributed by atoms with van der Waals surface area (Å²) in [6.45, 7) is 2.23. The van der Waals surface area contributed by atoms with Gasteiger partial charge in [0.1, 0.15) is 6.61 Å². The zero-order chi connectivity index (χ0) is 15.6. The predicted molar refractivity (Wildman–Crippen MR) is 87.3 cm³/mol. The average Bonchev–Trinajstić information content (AvgIpc) is 2.56. The molecule has 4 nitrogen and oxygen atoms in total. The van der Waals surface area contributed by atoms with Gasteiger partial charge in [0.05, 0.1) is 20.3 Å². The van der Waals surface area contributed by atoms with Crippen molar-refractivity contribution in [3.8, 4) is 11.5 Å². The van der Waals surface area contributed by atoms with Gasteiger partial charge in [0.25, 0.3) is 0 Å². The number of benzene rings is 2. The Hall–Kier alpha value is -2.04. The van der Waals surface area contributed by atoms with Crippen molar-refractivity contribution in [2.75, 3.05) is 26.9 Å². The lowest BCUT2D eigenvalue weighted by atomic mass is 10.1. The first-order valence-electron chi connectivity index (χ1n) is 7.45. The van der Waals surface area contributed by atoms with E-state index in [0.717, 1.165) is 29.0 Å². The van der Waals surface area contributed by atoms with Crippen molar-refractivity contribution in [1.82, 2.24) is 0 Å². The molecule has 118 valence electrons. The molecule has 4 heteroatoms. The van der Waals surface area contributed by atoms with E-state index in [1.807, 2.05) is 48.5 Å². The molecule has 0 atom stereocenters. The van der Waals surface area contributed by atoms with E-state index in [4.69, 9.17) is 19.9 Å². The summed E-state index contributed by atoms with van der Waals surface area (Å²) in [7, 11) is 1.64. The van der Waals surface area contributed by atoms with Crippen LogP contribution in [0.15, 0.2) is 48.5 Å². The molecule has 22 heavy (non-hydrogen) atoms. The van der Waals surface area contributed by atoms with Gasteiger partial charge in [-0.15, -0.1) is 0 Å². The van der Waals surface area contributed by atoms with Crippen molar-refractivity contribution in [3.05, 3.63) is 59.7 Å². The van der Waals surface area contributed by atoms with Gasteiger partial charge in [0, 0.05) is 0 Å². The smallest absolute Gasteiger partial charge is 0.161 e. The predicted octanol–water partition coefficient (Wildman–Crippen LogP) is 2.79. The van der Waals surface area contributed by atoms with Crippen LogP contribution in [0.4, 0.5) is 0 Å². The van der Waals surface area contributed by atoms with Gasteiger partial charge in [-0.1, -0.05) is 36.4 Å². The summed E-state index contributed by atoms with van der Waals surface area (Å²) in [5.74, 6) is 1.46. The minimum absolute atomic E-state index is 0.486. The third-order valence-corrected chi connectivity index (χ3v) is 3.26. The van der Waals surface area contributed by atoms with Crippen LogP contribution < -0.4 is 15.2 Å². The highest BCUT2D eigenvalue weighted by molar-refractivity contribution is 5.43. The van der Waals surface area contributed by atoms with Gasteiger partial charge in [0.15, 0.2) is 11.5 Å². The van der Waals surface area contributed by atoms with Gasteiger partial charge < -0.3 is 19.9 Å². The van der Waals surface area contributed by atoms with Crippen LogP contribution in [0.3, 0.4) is 0 Å². The number of hydrogen-bond acceptors (Lipinski definition) is 4. The summed E-state index contributed by atoms with van der Waals surface area (Å²) in [5, 5.41) is 0. The fourth-order valence-corrected chi connectivity index (χ4v) is 2.13. The Labute approximate surface area is 131 Å². The lowest BCUT2D eigenvalue weighted by molar-refractivity contribution is 0.0879. The molecule has 2 N–H and O–H groups in total. The van der Waals surface area contributed by atoms with Crippen molar-refractivity contribution in [3.63, 3.8) is 0 Å². The minimum atomic E-state index is 0.486. The fourth-order valence-electron chi connectivity index (χ4n) is 2.13. The molecule has 0 saturated heterocycles. The molecule has 0 aliphatic rings. The van der Waals surface area contributed by atoms with Crippen LogP contribution >= 0.6 is 0 Å². The van der Waals surface area contributed by atoms with Gasteiger partial charge in [-0.2, -0.15) is 0 Å². The quantitative estimate of drug-likeness (QED) is 0.724. The molecule has 0 spiro atoms. The SMILES string of the molecule is COc1cc(CCN)ccc1OCCOCc1ccccc1. The highest BCUT2D eigenvalue weighted by Crippen LogP contribution is 2.28. The zero-order valence-electron chi connectivity index (χ0n) is 13.0. The maximum Gasteiger partial charge on any atom is 0.161 e. The molecule has 0 radical (unpaired) electrons. The Morgan fingerprint density at radius 3 is 2.45 bits per heavy atom. The molecule has 0 fully saturated rings. The van der Waals surface area contributed by atoms with Gasteiger partial charge in [-0.25, -0.2) is 0 Å². The summed E-state index contributed by atoms with van der Waals surface area (Å²) in [4.78, 5) is 0. The number of methoxy groups -OCH3 is 1. The molecule has 2 aromatic rings. The molecule has 0 amide bonds. The summed E-state index contributed by atoms with van der Waals surface area (Å²) >= 11 is 0. The number of hydrogen-bond donors (Lipinski definition) is 1. The highest BCUT2D eigenvalue weighted by Gasteiger charge is 2.05. The van der Waals surface area contributed by atoms with Crippen molar-refractivity contribution in [1.29, 1.82) is 0 Å². The third-order valence-electron chi connectivity index (χ3n) is 3.26. The van der Waals surface area contributed by atoms with Gasteiger partial charge in [0.2, 0.25) is 0 Å². The summed E-state index contributed by atoms with van der Waals surface area (Å²) in [6, 6.07) is 16.0. The largest absolute Gasteiger partial charge is 0.493 e. The number of nitrogens with two attached hydrogens (primary N) is 1. The summed E-state index contributed by atoms with van der Waals surface area (Å²) in [6.07, 6.45) is 0.830. The lowest BCUT2D eigenvalue weighted by Crippen LogP contribution is -2.08. The topological polar surface area (TPSA) is 53.7 Å². The molecule has 0 heterocycles. The van der Waals surface area contributed by atoms with Gasteiger partial charge in [-0.05, 0) is 36.2 Å². The van der Waals surface area contributed by atoms with E-state index in [-0.39, 0.29) is 0 Å². The summed E-state index contributed by atoms with van der Waals surface area (Å²) < 4.78 is 16.7. The van der Waals surface area contributed by atoms with E-state index in [9.17, 15) is 0 Å². The van der Waals surface area contributed by atoms with Gasteiger partial charge in [-0.3, -0.25) is 0 Å². The van der Waals surface area contributed by atoms with Crippen molar-refractivity contribution >= 4 is 0 Å². The van der Waals surface area contributed by atoms with Crippen LogP contribution in [0.1, 0.15) is 11.1 Å². The van der Waals surface area contributed by atoms with Crippen LogP contribution in [0.5, 0.6) is 11.5 Å². The van der Waals surface area contributed by atoms with Crippen LogP contribution in [0, 0.1) is 0 Å². The van der Waals surface area contributed by atoms with E-state index < -0.39 is 0 Å². The second kappa shape index (κ2) is 9.07. The van der Waals surface area contributed by atoms with E-state index in [1.165, 1.54) is 0 Å².